The highest BCUT2D eigenvalue weighted by Gasteiger charge is 2.52. The quantitative estimate of drug-likeness (QED) is 0.490. The maximum absolute atomic E-state index is 5.94. The van der Waals surface area contributed by atoms with Crippen molar-refractivity contribution in [1.29, 1.82) is 0 Å². The fraction of sp³-hybridized carbons (Fsp3) is 0.556. The summed E-state index contributed by atoms with van der Waals surface area (Å²) in [4.78, 5) is 0. The number of ether oxygens (including phenoxy) is 1. The number of hydrogen-bond donors (Lipinski definition) is 1. The summed E-state index contributed by atoms with van der Waals surface area (Å²) in [5.74, 6) is 1.06. The van der Waals surface area contributed by atoms with E-state index in [4.69, 9.17) is 10.5 Å². The Morgan fingerprint density at radius 1 is 1.91 bits per heavy atom. The van der Waals surface area contributed by atoms with Crippen LogP contribution in [0.4, 0.5) is 0 Å². The Morgan fingerprint density at radius 2 is 2.55 bits per heavy atom. The van der Waals surface area contributed by atoms with Crippen molar-refractivity contribution >= 4 is 0 Å². The molecule has 0 bridgehead atoms. The van der Waals surface area contributed by atoms with Gasteiger partial charge in [0.2, 0.25) is 0 Å². The van der Waals surface area contributed by atoms with Crippen molar-refractivity contribution in [2.45, 2.75) is 18.9 Å². The second-order valence-electron chi connectivity index (χ2n) is 2.94. The molecule has 0 aliphatic heterocycles. The minimum absolute atomic E-state index is 0.308. The maximum Gasteiger partial charge on any atom is 0.109 e. The van der Waals surface area contributed by atoms with Crippen LogP contribution in [-0.2, 0) is 4.74 Å². The molecular weight excluding hydrogens is 138 g/mol. The topological polar surface area (TPSA) is 35.2 Å². The molecule has 0 amide bonds. The average molecular weight is 153 g/mol. The van der Waals surface area contributed by atoms with Crippen molar-refractivity contribution in [3.8, 4) is 0 Å². The van der Waals surface area contributed by atoms with E-state index in [2.05, 4.69) is 13.2 Å². The molecule has 0 aromatic rings. The molecule has 1 aliphatic carbocycles. The predicted octanol–water partition coefficient (Wildman–Crippen LogP) is 1.44. The van der Waals surface area contributed by atoms with Gasteiger partial charge in [0, 0.05) is 5.92 Å². The fourth-order valence-electron chi connectivity index (χ4n) is 1.23. The lowest BCUT2D eigenvalue weighted by Gasteiger charge is -2.13. The summed E-state index contributed by atoms with van der Waals surface area (Å²) >= 11 is 0. The Kier molecular flexibility index (Phi) is 2.05. The zero-order valence-electron chi connectivity index (χ0n) is 6.97. The molecule has 0 heterocycles. The van der Waals surface area contributed by atoms with E-state index < -0.39 is 0 Å². The van der Waals surface area contributed by atoms with Crippen LogP contribution in [0.25, 0.3) is 0 Å². The minimum atomic E-state index is -0.308. The summed E-state index contributed by atoms with van der Waals surface area (Å²) in [6.45, 7) is 10.0. The molecule has 11 heavy (non-hydrogen) atoms. The normalized spacial score (nSPS) is 34.5. The molecule has 1 aliphatic rings. The number of nitrogens with two attached hydrogens (primary N) is 1. The zero-order valence-corrected chi connectivity index (χ0v) is 6.97. The van der Waals surface area contributed by atoms with E-state index in [1.807, 2.05) is 13.0 Å². The van der Waals surface area contributed by atoms with Gasteiger partial charge < -0.3 is 10.5 Å². The molecule has 2 nitrogen and oxygen atoms in total. The molecule has 0 saturated heterocycles. The SMILES string of the molecule is C=C[C@@H]1C[C@]1(N)C(=C)OCC. The molecular formula is C9H15NO. The second-order valence-corrected chi connectivity index (χ2v) is 2.94. The van der Waals surface area contributed by atoms with Crippen LogP contribution in [0, 0.1) is 5.92 Å². The lowest BCUT2D eigenvalue weighted by molar-refractivity contribution is 0.203. The summed E-state index contributed by atoms with van der Waals surface area (Å²) in [6, 6.07) is 0. The molecule has 0 unspecified atom stereocenters. The Morgan fingerprint density at radius 3 is 2.91 bits per heavy atom. The Balaban J connectivity index is 2.49. The van der Waals surface area contributed by atoms with Gasteiger partial charge in [0.25, 0.3) is 0 Å². The van der Waals surface area contributed by atoms with E-state index in [0.717, 1.165) is 6.42 Å². The van der Waals surface area contributed by atoms with Gasteiger partial charge in [-0.15, -0.1) is 6.58 Å². The molecule has 0 aromatic heterocycles. The summed E-state index contributed by atoms with van der Waals surface area (Å²) < 4.78 is 5.23. The Bertz CT molecular complexity index is 188. The highest BCUT2D eigenvalue weighted by Crippen LogP contribution is 2.46. The number of rotatable bonds is 4. The first-order valence-corrected chi connectivity index (χ1v) is 3.88. The van der Waals surface area contributed by atoms with Crippen LogP contribution in [0.2, 0.25) is 0 Å². The molecule has 2 heteroatoms. The van der Waals surface area contributed by atoms with Gasteiger partial charge in [-0.05, 0) is 13.3 Å². The van der Waals surface area contributed by atoms with Gasteiger partial charge in [0.05, 0.1) is 12.1 Å². The van der Waals surface area contributed by atoms with E-state index in [1.165, 1.54) is 0 Å². The maximum atomic E-state index is 5.94. The first-order chi connectivity index (χ1) is 5.15. The van der Waals surface area contributed by atoms with Crippen molar-refractivity contribution in [1.82, 2.24) is 0 Å². The summed E-state index contributed by atoms with van der Waals surface area (Å²) in [7, 11) is 0. The van der Waals surface area contributed by atoms with Crippen LogP contribution >= 0.6 is 0 Å². The van der Waals surface area contributed by atoms with Crippen molar-refractivity contribution in [2.24, 2.45) is 11.7 Å². The average Bonchev–Trinajstić information content (AvgIpc) is 2.64. The third kappa shape index (κ3) is 1.31. The molecule has 62 valence electrons. The molecule has 1 saturated carbocycles. The lowest BCUT2D eigenvalue weighted by atomic mass is 10.2. The molecule has 2 atom stereocenters. The van der Waals surface area contributed by atoms with Crippen LogP contribution in [0.5, 0.6) is 0 Å². The predicted molar refractivity (Wildman–Crippen MR) is 46.0 cm³/mol. The van der Waals surface area contributed by atoms with Gasteiger partial charge >= 0.3 is 0 Å². The van der Waals surface area contributed by atoms with Crippen molar-refractivity contribution in [3.05, 3.63) is 25.0 Å². The van der Waals surface area contributed by atoms with Crippen LogP contribution in [-0.4, -0.2) is 12.1 Å². The number of hydrogen-bond acceptors (Lipinski definition) is 2. The molecule has 0 aromatic carbocycles. The van der Waals surface area contributed by atoms with E-state index in [-0.39, 0.29) is 5.54 Å². The molecule has 2 N–H and O–H groups in total. The van der Waals surface area contributed by atoms with Crippen LogP contribution in [0.15, 0.2) is 25.0 Å². The lowest BCUT2D eigenvalue weighted by Crippen LogP contribution is -2.28. The summed E-state index contributed by atoms with van der Waals surface area (Å²) in [5, 5.41) is 0. The van der Waals surface area contributed by atoms with Crippen LogP contribution < -0.4 is 5.73 Å². The van der Waals surface area contributed by atoms with Gasteiger partial charge in [0.15, 0.2) is 0 Å². The highest BCUT2D eigenvalue weighted by molar-refractivity contribution is 5.28. The monoisotopic (exact) mass is 153 g/mol. The Labute approximate surface area is 67.7 Å². The first-order valence-electron chi connectivity index (χ1n) is 3.88. The van der Waals surface area contributed by atoms with Gasteiger partial charge in [-0.1, -0.05) is 12.7 Å². The minimum Gasteiger partial charge on any atom is -0.497 e. The van der Waals surface area contributed by atoms with Crippen LogP contribution in [0.1, 0.15) is 13.3 Å². The first kappa shape index (κ1) is 8.34. The molecule has 1 rings (SSSR count). The van der Waals surface area contributed by atoms with Gasteiger partial charge in [-0.2, -0.15) is 0 Å². The second kappa shape index (κ2) is 2.70. The largest absolute Gasteiger partial charge is 0.497 e. The van der Waals surface area contributed by atoms with Crippen molar-refractivity contribution < 1.29 is 4.74 Å². The molecule has 1 fully saturated rings. The van der Waals surface area contributed by atoms with Gasteiger partial charge in [-0.3, -0.25) is 0 Å². The summed E-state index contributed by atoms with van der Waals surface area (Å²) in [6.07, 6.45) is 2.79. The van der Waals surface area contributed by atoms with E-state index in [1.54, 1.807) is 0 Å². The van der Waals surface area contributed by atoms with Crippen LogP contribution in [0.3, 0.4) is 0 Å². The van der Waals surface area contributed by atoms with E-state index in [0.29, 0.717) is 18.3 Å². The molecule has 0 radical (unpaired) electrons. The standard InChI is InChI=1S/C9H15NO/c1-4-8-6-9(8,10)7(3)11-5-2/h4,8H,1,3,5-6,10H2,2H3/t8-,9+/m1/s1. The fourth-order valence-corrected chi connectivity index (χ4v) is 1.23. The smallest absolute Gasteiger partial charge is 0.109 e. The highest BCUT2D eigenvalue weighted by atomic mass is 16.5. The van der Waals surface area contributed by atoms with Crippen molar-refractivity contribution in [2.75, 3.05) is 6.61 Å². The van der Waals surface area contributed by atoms with Gasteiger partial charge in [-0.25, -0.2) is 0 Å². The summed E-state index contributed by atoms with van der Waals surface area (Å²) in [5.41, 5.74) is 5.63. The molecule has 0 spiro atoms. The third-order valence-corrected chi connectivity index (χ3v) is 2.18. The zero-order chi connectivity index (χ0) is 8.48. The van der Waals surface area contributed by atoms with Crippen molar-refractivity contribution in [3.63, 3.8) is 0 Å². The van der Waals surface area contributed by atoms with E-state index >= 15 is 0 Å². The van der Waals surface area contributed by atoms with E-state index in [9.17, 15) is 0 Å². The Hall–Kier alpha value is -0.760. The van der Waals surface area contributed by atoms with Gasteiger partial charge in [0.1, 0.15) is 5.76 Å². The third-order valence-electron chi connectivity index (χ3n) is 2.18.